The number of nitrogens with zero attached hydrogens (tertiary/aromatic N) is 2. The highest BCUT2D eigenvalue weighted by Crippen LogP contribution is 2.20. The molecule has 2 amide bonds. The molecule has 3 rings (SSSR count). The first-order valence-electron chi connectivity index (χ1n) is 9.03. The second-order valence-electron chi connectivity index (χ2n) is 7.16. The number of rotatable bonds is 2. The van der Waals surface area contributed by atoms with Gasteiger partial charge in [-0.3, -0.25) is 9.59 Å². The third kappa shape index (κ3) is 4.00. The third-order valence-electron chi connectivity index (χ3n) is 5.27. The van der Waals surface area contributed by atoms with Crippen LogP contribution in [-0.4, -0.2) is 60.4 Å². The molecule has 0 radical (unpaired) electrons. The van der Waals surface area contributed by atoms with Gasteiger partial charge in [-0.25, -0.2) is 4.39 Å². The van der Waals surface area contributed by atoms with Crippen molar-refractivity contribution in [1.29, 1.82) is 0 Å². The summed E-state index contributed by atoms with van der Waals surface area (Å²) in [5.74, 6) is -0.229. The Balaban J connectivity index is 1.56. The summed E-state index contributed by atoms with van der Waals surface area (Å²) >= 11 is 0. The summed E-state index contributed by atoms with van der Waals surface area (Å²) in [6.45, 7) is 6.77. The maximum absolute atomic E-state index is 13.7. The lowest BCUT2D eigenvalue weighted by Crippen LogP contribution is -2.53. The lowest BCUT2D eigenvalue weighted by Gasteiger charge is -2.38. The van der Waals surface area contributed by atoms with E-state index in [0.29, 0.717) is 43.3 Å². The van der Waals surface area contributed by atoms with Crippen LogP contribution in [0.5, 0.6) is 0 Å². The normalized spacial score (nSPS) is 24.3. The molecule has 2 fully saturated rings. The molecule has 25 heavy (non-hydrogen) atoms. The van der Waals surface area contributed by atoms with Crippen molar-refractivity contribution in [3.05, 3.63) is 35.1 Å². The number of nitrogens with one attached hydrogen (secondary N) is 1. The van der Waals surface area contributed by atoms with Crippen LogP contribution in [0.25, 0.3) is 0 Å². The van der Waals surface area contributed by atoms with E-state index < -0.39 is 0 Å². The van der Waals surface area contributed by atoms with E-state index in [2.05, 4.69) is 12.2 Å². The zero-order valence-electron chi connectivity index (χ0n) is 14.9. The molecule has 0 bridgehead atoms. The van der Waals surface area contributed by atoms with Gasteiger partial charge in [0.25, 0.3) is 5.91 Å². The summed E-state index contributed by atoms with van der Waals surface area (Å²) in [7, 11) is 0. The predicted molar refractivity (Wildman–Crippen MR) is 93.8 cm³/mol. The predicted octanol–water partition coefficient (Wildman–Crippen LogP) is 1.81. The van der Waals surface area contributed by atoms with E-state index in [4.69, 9.17) is 0 Å². The van der Waals surface area contributed by atoms with E-state index in [-0.39, 0.29) is 23.5 Å². The molecule has 2 heterocycles. The van der Waals surface area contributed by atoms with Crippen molar-refractivity contribution in [2.75, 3.05) is 32.7 Å². The third-order valence-corrected chi connectivity index (χ3v) is 5.27. The fourth-order valence-corrected chi connectivity index (χ4v) is 3.65. The van der Waals surface area contributed by atoms with Gasteiger partial charge in [-0.15, -0.1) is 0 Å². The van der Waals surface area contributed by atoms with Crippen molar-refractivity contribution in [3.63, 3.8) is 0 Å². The quantitative estimate of drug-likeness (QED) is 0.888. The lowest BCUT2D eigenvalue weighted by atomic mass is 9.92. The molecule has 1 aromatic rings. The number of carbonyl (C=O) groups excluding carboxylic acids is 2. The van der Waals surface area contributed by atoms with Crippen LogP contribution in [-0.2, 0) is 4.79 Å². The summed E-state index contributed by atoms with van der Waals surface area (Å²) in [5.41, 5.74) is 0.901. The van der Waals surface area contributed by atoms with Crippen LogP contribution in [0.1, 0.15) is 35.7 Å². The van der Waals surface area contributed by atoms with E-state index in [0.717, 1.165) is 19.4 Å². The standard InChI is InChI=1S/C19H26FN3O2/c1-13-3-4-15(12-17(13)20)18(24)22-7-9-23(10-8-22)19(25)16-5-6-21-14(2)11-16/h3-4,12,14,16,21H,5-11H2,1-2H3/t14-,16-/m0/s1. The second kappa shape index (κ2) is 7.52. The second-order valence-corrected chi connectivity index (χ2v) is 7.16. The highest BCUT2D eigenvalue weighted by atomic mass is 19.1. The van der Waals surface area contributed by atoms with Gasteiger partial charge in [-0.05, 0) is 50.9 Å². The number of carbonyl (C=O) groups is 2. The number of amides is 2. The van der Waals surface area contributed by atoms with Crippen LogP contribution in [0.2, 0.25) is 0 Å². The molecule has 2 aliphatic heterocycles. The molecule has 5 nitrogen and oxygen atoms in total. The van der Waals surface area contributed by atoms with Gasteiger partial charge in [0, 0.05) is 43.7 Å². The van der Waals surface area contributed by atoms with Crippen molar-refractivity contribution in [1.82, 2.24) is 15.1 Å². The lowest BCUT2D eigenvalue weighted by molar-refractivity contribution is -0.138. The van der Waals surface area contributed by atoms with E-state index in [1.807, 2.05) is 4.90 Å². The van der Waals surface area contributed by atoms with Crippen molar-refractivity contribution < 1.29 is 14.0 Å². The van der Waals surface area contributed by atoms with Gasteiger partial charge in [0.1, 0.15) is 5.82 Å². The molecule has 0 aromatic heterocycles. The smallest absolute Gasteiger partial charge is 0.254 e. The Labute approximate surface area is 148 Å². The zero-order chi connectivity index (χ0) is 18.0. The Kier molecular flexibility index (Phi) is 5.37. The number of benzene rings is 1. The Morgan fingerprint density at radius 1 is 1.16 bits per heavy atom. The molecule has 2 aliphatic rings. The molecule has 1 aromatic carbocycles. The van der Waals surface area contributed by atoms with Gasteiger partial charge in [0.05, 0.1) is 0 Å². The van der Waals surface area contributed by atoms with Gasteiger partial charge < -0.3 is 15.1 Å². The summed E-state index contributed by atoms with van der Waals surface area (Å²) in [6.07, 6.45) is 1.76. The minimum absolute atomic E-state index is 0.0877. The van der Waals surface area contributed by atoms with Crippen LogP contribution < -0.4 is 5.32 Å². The largest absolute Gasteiger partial charge is 0.339 e. The molecule has 2 atom stereocenters. The molecule has 1 N–H and O–H groups in total. The van der Waals surface area contributed by atoms with E-state index in [1.165, 1.54) is 6.07 Å². The summed E-state index contributed by atoms with van der Waals surface area (Å²) in [4.78, 5) is 28.8. The van der Waals surface area contributed by atoms with Gasteiger partial charge in [0.15, 0.2) is 0 Å². The fraction of sp³-hybridized carbons (Fsp3) is 0.579. The van der Waals surface area contributed by atoms with Gasteiger partial charge in [-0.1, -0.05) is 6.07 Å². The van der Waals surface area contributed by atoms with Crippen LogP contribution in [0.3, 0.4) is 0 Å². The van der Waals surface area contributed by atoms with E-state index in [1.54, 1.807) is 24.0 Å². The van der Waals surface area contributed by atoms with Gasteiger partial charge >= 0.3 is 0 Å². The number of piperidine rings is 1. The molecule has 0 unspecified atom stereocenters. The Morgan fingerprint density at radius 3 is 2.48 bits per heavy atom. The van der Waals surface area contributed by atoms with Crippen molar-refractivity contribution >= 4 is 11.8 Å². The van der Waals surface area contributed by atoms with Crippen LogP contribution in [0.15, 0.2) is 18.2 Å². The molecule has 136 valence electrons. The van der Waals surface area contributed by atoms with E-state index in [9.17, 15) is 14.0 Å². The van der Waals surface area contributed by atoms with Gasteiger partial charge in [0.2, 0.25) is 5.91 Å². The Bertz CT molecular complexity index is 656. The first-order valence-corrected chi connectivity index (χ1v) is 9.03. The number of aryl methyl sites for hydroxylation is 1. The number of hydrogen-bond acceptors (Lipinski definition) is 3. The summed E-state index contributed by atoms with van der Waals surface area (Å²) in [5, 5.41) is 3.36. The van der Waals surface area contributed by atoms with Crippen LogP contribution in [0.4, 0.5) is 4.39 Å². The molecular formula is C19H26FN3O2. The molecular weight excluding hydrogens is 321 g/mol. The minimum atomic E-state index is -0.361. The zero-order valence-corrected chi connectivity index (χ0v) is 14.9. The van der Waals surface area contributed by atoms with Crippen molar-refractivity contribution in [3.8, 4) is 0 Å². The average Bonchev–Trinajstić information content (AvgIpc) is 2.63. The van der Waals surface area contributed by atoms with Crippen LogP contribution in [0, 0.1) is 18.7 Å². The molecule has 6 heteroatoms. The Hall–Kier alpha value is -1.95. The molecule has 0 saturated carbocycles. The SMILES string of the molecule is Cc1ccc(C(=O)N2CCN(C(=O)[C@H]3CCN[C@@H](C)C3)CC2)cc1F. The fourth-order valence-electron chi connectivity index (χ4n) is 3.65. The maximum Gasteiger partial charge on any atom is 0.254 e. The molecule has 0 aliphatic carbocycles. The number of hydrogen-bond donors (Lipinski definition) is 1. The summed E-state index contributed by atoms with van der Waals surface area (Å²) in [6, 6.07) is 4.96. The van der Waals surface area contributed by atoms with Crippen molar-refractivity contribution in [2.45, 2.75) is 32.7 Å². The Morgan fingerprint density at radius 2 is 1.84 bits per heavy atom. The monoisotopic (exact) mass is 347 g/mol. The first kappa shape index (κ1) is 17.9. The highest BCUT2D eigenvalue weighted by molar-refractivity contribution is 5.94. The topological polar surface area (TPSA) is 52.7 Å². The van der Waals surface area contributed by atoms with Crippen LogP contribution >= 0.6 is 0 Å². The first-order chi connectivity index (χ1) is 12.0. The minimum Gasteiger partial charge on any atom is -0.339 e. The van der Waals surface area contributed by atoms with Crippen molar-refractivity contribution in [2.24, 2.45) is 5.92 Å². The number of piperazine rings is 1. The number of halogens is 1. The van der Waals surface area contributed by atoms with E-state index >= 15 is 0 Å². The summed E-state index contributed by atoms with van der Waals surface area (Å²) < 4.78 is 13.7. The highest BCUT2D eigenvalue weighted by Gasteiger charge is 2.31. The molecule has 0 spiro atoms. The van der Waals surface area contributed by atoms with Gasteiger partial charge in [-0.2, -0.15) is 0 Å². The average molecular weight is 347 g/mol. The maximum atomic E-state index is 13.7. The molecule has 2 saturated heterocycles.